The van der Waals surface area contributed by atoms with Crippen LogP contribution in [-0.4, -0.2) is 34.9 Å². The third-order valence-electron chi connectivity index (χ3n) is 5.23. The van der Waals surface area contributed by atoms with Crippen LogP contribution in [-0.2, 0) is 4.79 Å². The van der Waals surface area contributed by atoms with Gasteiger partial charge in [0, 0.05) is 16.6 Å². The Kier molecular flexibility index (Phi) is 5.14. The summed E-state index contributed by atoms with van der Waals surface area (Å²) in [4.78, 5) is 19.4. The van der Waals surface area contributed by atoms with Gasteiger partial charge in [0.05, 0.1) is 6.04 Å². The Labute approximate surface area is 163 Å². The van der Waals surface area contributed by atoms with Crippen LogP contribution in [0.1, 0.15) is 31.6 Å². The quantitative estimate of drug-likeness (QED) is 0.710. The third-order valence-corrected chi connectivity index (χ3v) is 5.48. The molecule has 0 saturated carbocycles. The van der Waals surface area contributed by atoms with Crippen LogP contribution in [0.15, 0.2) is 52.9 Å². The van der Waals surface area contributed by atoms with E-state index in [0.29, 0.717) is 10.9 Å². The van der Waals surface area contributed by atoms with Gasteiger partial charge in [-0.25, -0.2) is 4.98 Å². The van der Waals surface area contributed by atoms with Crippen LogP contribution in [0.5, 0.6) is 0 Å². The van der Waals surface area contributed by atoms with E-state index in [1.54, 1.807) is 12.1 Å². The molecule has 0 bridgehead atoms. The Morgan fingerprint density at radius 1 is 1.19 bits per heavy atom. The van der Waals surface area contributed by atoms with Gasteiger partial charge in [0.15, 0.2) is 11.5 Å². The first-order chi connectivity index (χ1) is 13.1. The molecule has 1 aromatic heterocycles. The minimum Gasteiger partial charge on any atom is -0.440 e. The van der Waals surface area contributed by atoms with Gasteiger partial charge in [0.2, 0.25) is 5.91 Å². The van der Waals surface area contributed by atoms with E-state index in [9.17, 15) is 4.79 Å². The van der Waals surface area contributed by atoms with E-state index in [-0.39, 0.29) is 11.9 Å². The molecular formula is C21H22ClN3O2. The number of fused-ring (bicyclic) bond motifs is 1. The lowest BCUT2D eigenvalue weighted by Gasteiger charge is -2.34. The summed E-state index contributed by atoms with van der Waals surface area (Å²) in [6.45, 7) is 3.64. The van der Waals surface area contributed by atoms with Crippen LogP contribution in [0.3, 0.4) is 0 Å². The second-order valence-corrected chi connectivity index (χ2v) is 7.44. The van der Waals surface area contributed by atoms with Crippen LogP contribution >= 0.6 is 11.6 Å². The lowest BCUT2D eigenvalue weighted by molar-refractivity contribution is -0.121. The smallest absolute Gasteiger partial charge is 0.241 e. The Bertz CT molecular complexity index is 897. The van der Waals surface area contributed by atoms with Crippen molar-refractivity contribution in [3.05, 3.63) is 59.4 Å². The topological polar surface area (TPSA) is 58.4 Å². The maximum Gasteiger partial charge on any atom is 0.241 e. The molecule has 1 aliphatic heterocycles. The van der Waals surface area contributed by atoms with E-state index in [0.717, 1.165) is 48.6 Å². The molecule has 1 N–H and O–H groups in total. The van der Waals surface area contributed by atoms with Crippen molar-refractivity contribution in [1.29, 1.82) is 0 Å². The van der Waals surface area contributed by atoms with Gasteiger partial charge in [-0.3, -0.25) is 9.69 Å². The molecular weight excluding hydrogens is 362 g/mol. The number of aromatic nitrogens is 1. The van der Waals surface area contributed by atoms with Crippen LogP contribution in [0.2, 0.25) is 5.02 Å². The summed E-state index contributed by atoms with van der Waals surface area (Å²) in [6, 6.07) is 14.8. The lowest BCUT2D eigenvalue weighted by atomic mass is 9.95. The molecule has 1 amide bonds. The molecule has 1 aliphatic rings. The molecule has 1 fully saturated rings. The number of rotatable bonds is 4. The van der Waals surface area contributed by atoms with Crippen molar-refractivity contribution in [2.45, 2.75) is 31.7 Å². The molecule has 6 heteroatoms. The van der Waals surface area contributed by atoms with E-state index in [4.69, 9.17) is 16.0 Å². The van der Waals surface area contributed by atoms with Gasteiger partial charge in [0.1, 0.15) is 5.52 Å². The molecule has 27 heavy (non-hydrogen) atoms. The fraction of sp³-hybridized carbons (Fsp3) is 0.333. The van der Waals surface area contributed by atoms with Gasteiger partial charge in [-0.1, -0.05) is 23.7 Å². The number of likely N-dealkylation sites (tertiary alicyclic amines) is 1. The normalized spacial score (nSPS) is 17.1. The van der Waals surface area contributed by atoms with Crippen molar-refractivity contribution in [2.75, 3.05) is 18.4 Å². The molecule has 0 spiro atoms. The first kappa shape index (κ1) is 18.0. The van der Waals surface area contributed by atoms with E-state index >= 15 is 0 Å². The summed E-state index contributed by atoms with van der Waals surface area (Å²) in [5, 5.41) is 3.61. The molecule has 1 unspecified atom stereocenters. The van der Waals surface area contributed by atoms with Crippen molar-refractivity contribution in [1.82, 2.24) is 9.88 Å². The van der Waals surface area contributed by atoms with E-state index in [2.05, 4.69) is 15.2 Å². The van der Waals surface area contributed by atoms with Crippen LogP contribution in [0.25, 0.3) is 11.1 Å². The molecule has 2 heterocycles. The molecule has 4 rings (SSSR count). The van der Waals surface area contributed by atoms with Gasteiger partial charge < -0.3 is 9.73 Å². The zero-order chi connectivity index (χ0) is 18.8. The van der Waals surface area contributed by atoms with Crippen LogP contribution < -0.4 is 5.32 Å². The SMILES string of the molecule is CC(C(=O)Nc1ccc(Cl)cc1)N1CCC(c2nc3ccccc3o2)CC1. The predicted molar refractivity (Wildman–Crippen MR) is 107 cm³/mol. The summed E-state index contributed by atoms with van der Waals surface area (Å²) in [5.41, 5.74) is 2.51. The van der Waals surface area contributed by atoms with Crippen molar-refractivity contribution >= 4 is 34.3 Å². The predicted octanol–water partition coefficient (Wildman–Crippen LogP) is 4.69. The van der Waals surface area contributed by atoms with Crippen molar-refractivity contribution in [3.8, 4) is 0 Å². The number of carbonyl (C=O) groups is 1. The second kappa shape index (κ2) is 7.71. The monoisotopic (exact) mass is 383 g/mol. The average molecular weight is 384 g/mol. The molecule has 0 radical (unpaired) electrons. The number of piperidine rings is 1. The van der Waals surface area contributed by atoms with Crippen LogP contribution in [0, 0.1) is 0 Å². The van der Waals surface area contributed by atoms with Crippen molar-refractivity contribution < 1.29 is 9.21 Å². The summed E-state index contributed by atoms with van der Waals surface area (Å²) in [7, 11) is 0. The zero-order valence-electron chi connectivity index (χ0n) is 15.2. The summed E-state index contributed by atoms with van der Waals surface area (Å²) >= 11 is 5.89. The zero-order valence-corrected chi connectivity index (χ0v) is 15.9. The van der Waals surface area contributed by atoms with Gasteiger partial charge in [0.25, 0.3) is 0 Å². The minimum absolute atomic E-state index is 0.00219. The summed E-state index contributed by atoms with van der Waals surface area (Å²) < 4.78 is 5.92. The summed E-state index contributed by atoms with van der Waals surface area (Å²) in [5.74, 6) is 1.12. The molecule has 5 nitrogen and oxygen atoms in total. The highest BCUT2D eigenvalue weighted by Crippen LogP contribution is 2.30. The lowest BCUT2D eigenvalue weighted by Crippen LogP contribution is -2.45. The van der Waals surface area contributed by atoms with Crippen LogP contribution in [0.4, 0.5) is 5.69 Å². The van der Waals surface area contributed by atoms with Gasteiger partial charge >= 0.3 is 0 Å². The number of anilines is 1. The van der Waals surface area contributed by atoms with E-state index in [1.807, 2.05) is 43.3 Å². The van der Waals surface area contributed by atoms with Gasteiger partial charge in [-0.2, -0.15) is 0 Å². The minimum atomic E-state index is -0.190. The third kappa shape index (κ3) is 3.99. The van der Waals surface area contributed by atoms with Crippen molar-refractivity contribution in [3.63, 3.8) is 0 Å². The van der Waals surface area contributed by atoms with Gasteiger partial charge in [-0.05, 0) is 69.3 Å². The number of hydrogen-bond acceptors (Lipinski definition) is 4. The van der Waals surface area contributed by atoms with Crippen molar-refractivity contribution in [2.24, 2.45) is 0 Å². The Morgan fingerprint density at radius 2 is 1.89 bits per heavy atom. The first-order valence-corrected chi connectivity index (χ1v) is 9.64. The van der Waals surface area contributed by atoms with E-state index < -0.39 is 0 Å². The maximum atomic E-state index is 12.5. The maximum absolute atomic E-state index is 12.5. The molecule has 1 atom stereocenters. The first-order valence-electron chi connectivity index (χ1n) is 9.26. The highest BCUT2D eigenvalue weighted by atomic mass is 35.5. The fourth-order valence-electron chi connectivity index (χ4n) is 3.54. The standard InChI is InChI=1S/C21H22ClN3O2/c1-14(20(26)23-17-8-6-16(22)7-9-17)25-12-10-15(11-13-25)21-24-18-4-2-3-5-19(18)27-21/h2-9,14-15H,10-13H2,1H3,(H,23,26). The molecule has 1 saturated heterocycles. The number of carbonyl (C=O) groups excluding carboxylic acids is 1. The summed E-state index contributed by atoms with van der Waals surface area (Å²) in [6.07, 6.45) is 1.87. The number of benzene rings is 2. The fourth-order valence-corrected chi connectivity index (χ4v) is 3.67. The Balaban J connectivity index is 1.35. The number of hydrogen-bond donors (Lipinski definition) is 1. The highest BCUT2D eigenvalue weighted by Gasteiger charge is 2.29. The molecule has 3 aromatic rings. The average Bonchev–Trinajstić information content (AvgIpc) is 3.13. The van der Waals surface area contributed by atoms with E-state index in [1.165, 1.54) is 0 Å². The number of para-hydroxylation sites is 2. The number of oxazole rings is 1. The van der Waals surface area contributed by atoms with Gasteiger partial charge in [-0.15, -0.1) is 0 Å². The number of halogens is 1. The Morgan fingerprint density at radius 3 is 2.59 bits per heavy atom. The number of amides is 1. The highest BCUT2D eigenvalue weighted by molar-refractivity contribution is 6.30. The number of nitrogens with one attached hydrogen (secondary N) is 1. The Hall–Kier alpha value is -2.37. The molecule has 2 aromatic carbocycles. The number of nitrogens with zero attached hydrogens (tertiary/aromatic N) is 2. The largest absolute Gasteiger partial charge is 0.440 e. The molecule has 0 aliphatic carbocycles. The second-order valence-electron chi connectivity index (χ2n) is 7.00. The molecule has 140 valence electrons.